The Labute approximate surface area is 138 Å². The van der Waals surface area contributed by atoms with E-state index in [1.165, 1.54) is 6.07 Å². The second kappa shape index (κ2) is 5.94. The van der Waals surface area contributed by atoms with E-state index < -0.39 is 20.7 Å². The average molecular weight is 438 g/mol. The quantitative estimate of drug-likeness (QED) is 0.711. The highest BCUT2D eigenvalue weighted by Gasteiger charge is 2.21. The molecule has 0 aromatic heterocycles. The molecule has 0 atom stereocenters. The van der Waals surface area contributed by atoms with E-state index in [0.717, 1.165) is 17.7 Å². The lowest BCUT2D eigenvalue weighted by Crippen LogP contribution is -2.15. The summed E-state index contributed by atoms with van der Waals surface area (Å²) in [6.45, 7) is 1.87. The van der Waals surface area contributed by atoms with E-state index in [0.29, 0.717) is 14.6 Å². The van der Waals surface area contributed by atoms with Crippen LogP contribution in [0.2, 0.25) is 0 Å². The second-order valence-electron chi connectivity index (χ2n) is 4.40. The molecule has 0 amide bonds. The molecule has 2 rings (SSSR count). The minimum Gasteiger partial charge on any atom is -0.399 e. The molecule has 2 aromatic carbocycles. The first kappa shape index (κ1) is 16.3. The van der Waals surface area contributed by atoms with Gasteiger partial charge in [0.15, 0.2) is 0 Å². The molecule has 0 bridgehead atoms. The van der Waals surface area contributed by atoms with Crippen LogP contribution in [-0.2, 0) is 10.0 Å². The van der Waals surface area contributed by atoms with Crippen molar-refractivity contribution in [2.24, 2.45) is 0 Å². The van der Waals surface area contributed by atoms with E-state index in [1.807, 2.05) is 6.92 Å². The topological polar surface area (TPSA) is 72.2 Å². The van der Waals surface area contributed by atoms with Gasteiger partial charge in [0.25, 0.3) is 10.0 Å². The van der Waals surface area contributed by atoms with Crippen LogP contribution in [0.3, 0.4) is 0 Å². The molecule has 4 nitrogen and oxygen atoms in total. The first-order valence-corrected chi connectivity index (χ1v) is 8.81. The largest absolute Gasteiger partial charge is 0.399 e. The molecule has 0 radical (unpaired) electrons. The van der Waals surface area contributed by atoms with Gasteiger partial charge in [-0.2, -0.15) is 0 Å². The normalized spacial score (nSPS) is 11.4. The van der Waals surface area contributed by atoms with Gasteiger partial charge in [-0.1, -0.05) is 0 Å². The number of aryl methyl sites for hydroxylation is 1. The van der Waals surface area contributed by atoms with Gasteiger partial charge in [0.1, 0.15) is 10.7 Å². The lowest BCUT2D eigenvalue weighted by Gasteiger charge is -2.13. The standard InChI is InChI=1S/C13H11Br2FN2O2S/c1-7-4-9(14)13(10(15)5-7)18-21(19,20)12-3-2-8(17)6-11(12)16/h2-6,18H,17H2,1H3. The summed E-state index contributed by atoms with van der Waals surface area (Å²) in [5.41, 5.74) is 6.82. The molecular weight excluding hydrogens is 427 g/mol. The van der Waals surface area contributed by atoms with Crippen LogP contribution in [0.25, 0.3) is 0 Å². The Bertz CT molecular complexity index is 787. The van der Waals surface area contributed by atoms with Crippen molar-refractivity contribution in [3.8, 4) is 0 Å². The van der Waals surface area contributed by atoms with E-state index in [2.05, 4.69) is 36.6 Å². The molecule has 21 heavy (non-hydrogen) atoms. The molecule has 0 saturated carbocycles. The van der Waals surface area contributed by atoms with Crippen molar-refractivity contribution >= 4 is 53.3 Å². The molecule has 0 aliphatic rings. The summed E-state index contributed by atoms with van der Waals surface area (Å²) in [6, 6.07) is 6.93. The Morgan fingerprint density at radius 3 is 2.24 bits per heavy atom. The zero-order valence-electron chi connectivity index (χ0n) is 10.8. The SMILES string of the molecule is Cc1cc(Br)c(NS(=O)(=O)c2ccc(N)cc2F)c(Br)c1. The molecule has 0 heterocycles. The maximum absolute atomic E-state index is 13.8. The van der Waals surface area contributed by atoms with Gasteiger partial charge in [-0.05, 0) is 74.7 Å². The van der Waals surface area contributed by atoms with Crippen molar-refractivity contribution < 1.29 is 12.8 Å². The number of halogens is 3. The number of anilines is 2. The lowest BCUT2D eigenvalue weighted by molar-refractivity contribution is 0.571. The highest BCUT2D eigenvalue weighted by molar-refractivity contribution is 9.11. The van der Waals surface area contributed by atoms with Crippen molar-refractivity contribution in [2.45, 2.75) is 11.8 Å². The van der Waals surface area contributed by atoms with Crippen LogP contribution in [-0.4, -0.2) is 8.42 Å². The highest BCUT2D eigenvalue weighted by Crippen LogP contribution is 2.34. The van der Waals surface area contributed by atoms with E-state index in [9.17, 15) is 12.8 Å². The summed E-state index contributed by atoms with van der Waals surface area (Å²) in [7, 11) is -4.06. The number of hydrogen-bond acceptors (Lipinski definition) is 3. The number of benzene rings is 2. The third-order valence-corrected chi connectivity index (χ3v) is 5.30. The van der Waals surface area contributed by atoms with Crippen molar-refractivity contribution in [3.63, 3.8) is 0 Å². The number of sulfonamides is 1. The summed E-state index contributed by atoms with van der Waals surface area (Å²) < 4.78 is 41.8. The predicted molar refractivity (Wildman–Crippen MR) is 88.2 cm³/mol. The van der Waals surface area contributed by atoms with E-state index in [1.54, 1.807) is 12.1 Å². The maximum Gasteiger partial charge on any atom is 0.264 e. The monoisotopic (exact) mass is 436 g/mol. The second-order valence-corrected chi connectivity index (χ2v) is 7.76. The Morgan fingerprint density at radius 2 is 1.71 bits per heavy atom. The van der Waals surface area contributed by atoms with Gasteiger partial charge in [-0.3, -0.25) is 4.72 Å². The maximum atomic E-state index is 13.8. The number of nitrogens with two attached hydrogens (primary N) is 1. The third-order valence-electron chi connectivity index (χ3n) is 2.67. The summed E-state index contributed by atoms with van der Waals surface area (Å²) in [5, 5.41) is 0. The Balaban J connectivity index is 2.47. The van der Waals surface area contributed by atoms with Crippen LogP contribution < -0.4 is 10.5 Å². The number of rotatable bonds is 3. The first-order chi connectivity index (χ1) is 9.70. The zero-order chi connectivity index (χ0) is 15.8. The van der Waals surface area contributed by atoms with Gasteiger partial charge < -0.3 is 5.73 Å². The van der Waals surface area contributed by atoms with Gasteiger partial charge in [0.05, 0.1) is 5.69 Å². The van der Waals surface area contributed by atoms with Crippen molar-refractivity contribution in [3.05, 3.63) is 50.7 Å². The van der Waals surface area contributed by atoms with Crippen LogP contribution in [0.15, 0.2) is 44.2 Å². The minimum absolute atomic E-state index is 0.157. The van der Waals surface area contributed by atoms with Crippen molar-refractivity contribution in [1.82, 2.24) is 0 Å². The van der Waals surface area contributed by atoms with Gasteiger partial charge in [-0.15, -0.1) is 0 Å². The smallest absolute Gasteiger partial charge is 0.264 e. The fraction of sp³-hybridized carbons (Fsp3) is 0.0769. The summed E-state index contributed by atoms with van der Waals surface area (Å²) in [5.74, 6) is -0.901. The molecule has 112 valence electrons. The molecular formula is C13H11Br2FN2O2S. The van der Waals surface area contributed by atoms with Crippen LogP contribution in [0, 0.1) is 12.7 Å². The van der Waals surface area contributed by atoms with Gasteiger partial charge in [0, 0.05) is 14.6 Å². The zero-order valence-corrected chi connectivity index (χ0v) is 14.8. The molecule has 0 unspecified atom stereocenters. The van der Waals surface area contributed by atoms with E-state index in [-0.39, 0.29) is 5.69 Å². The predicted octanol–water partition coefficient (Wildman–Crippen LogP) is 4.04. The molecule has 0 saturated heterocycles. The van der Waals surface area contributed by atoms with Gasteiger partial charge in [0.2, 0.25) is 0 Å². The van der Waals surface area contributed by atoms with Crippen LogP contribution >= 0.6 is 31.9 Å². The summed E-state index contributed by atoms with van der Waals surface area (Å²) >= 11 is 6.57. The average Bonchev–Trinajstić information content (AvgIpc) is 2.33. The van der Waals surface area contributed by atoms with E-state index >= 15 is 0 Å². The van der Waals surface area contributed by atoms with Gasteiger partial charge >= 0.3 is 0 Å². The summed E-state index contributed by atoms with van der Waals surface area (Å²) in [4.78, 5) is -0.462. The number of nitrogen functional groups attached to an aromatic ring is 1. The van der Waals surface area contributed by atoms with Crippen molar-refractivity contribution in [2.75, 3.05) is 10.5 Å². The molecule has 2 aromatic rings. The Hall–Kier alpha value is -1.12. The molecule has 3 N–H and O–H groups in total. The third kappa shape index (κ3) is 3.56. The molecule has 0 spiro atoms. The van der Waals surface area contributed by atoms with Gasteiger partial charge in [-0.25, -0.2) is 12.8 Å². The van der Waals surface area contributed by atoms with Crippen LogP contribution in [0.5, 0.6) is 0 Å². The fourth-order valence-electron chi connectivity index (χ4n) is 1.72. The minimum atomic E-state index is -4.06. The first-order valence-electron chi connectivity index (χ1n) is 5.74. The Kier molecular flexibility index (Phi) is 4.60. The van der Waals surface area contributed by atoms with E-state index in [4.69, 9.17) is 5.73 Å². The lowest BCUT2D eigenvalue weighted by atomic mass is 10.2. The van der Waals surface area contributed by atoms with Crippen LogP contribution in [0.4, 0.5) is 15.8 Å². The van der Waals surface area contributed by atoms with Crippen LogP contribution in [0.1, 0.15) is 5.56 Å². The fourth-order valence-corrected chi connectivity index (χ4v) is 4.76. The van der Waals surface area contributed by atoms with Crippen molar-refractivity contribution in [1.29, 1.82) is 0 Å². The summed E-state index contributed by atoms with van der Waals surface area (Å²) in [6.07, 6.45) is 0. The molecule has 8 heteroatoms. The highest BCUT2D eigenvalue weighted by atomic mass is 79.9. The molecule has 0 aliphatic carbocycles. The molecule has 0 fully saturated rings. The number of hydrogen-bond donors (Lipinski definition) is 2. The number of nitrogens with one attached hydrogen (secondary N) is 1. The Morgan fingerprint density at radius 1 is 1.14 bits per heavy atom. The molecule has 0 aliphatic heterocycles.